The zero-order valence-corrected chi connectivity index (χ0v) is 12.9. The van der Waals surface area contributed by atoms with E-state index in [4.69, 9.17) is 16.2 Å². The van der Waals surface area contributed by atoms with E-state index in [2.05, 4.69) is 4.90 Å². The van der Waals surface area contributed by atoms with Crippen LogP contribution in [0.3, 0.4) is 0 Å². The lowest BCUT2D eigenvalue weighted by atomic mass is 9.96. The first-order valence-corrected chi connectivity index (χ1v) is 7.79. The van der Waals surface area contributed by atoms with Crippen molar-refractivity contribution in [2.24, 2.45) is 5.92 Å². The highest BCUT2D eigenvalue weighted by atomic mass is 16.5. The molecule has 1 aliphatic rings. The van der Waals surface area contributed by atoms with Crippen molar-refractivity contribution in [2.75, 3.05) is 29.5 Å². The van der Waals surface area contributed by atoms with Crippen molar-refractivity contribution >= 4 is 23.0 Å². The number of piperidine rings is 1. The molecule has 0 saturated carbocycles. The number of nitrogens with zero attached hydrogens (tertiary/aromatic N) is 1. The van der Waals surface area contributed by atoms with Crippen molar-refractivity contribution in [3.63, 3.8) is 0 Å². The molecule has 1 aliphatic heterocycles. The summed E-state index contributed by atoms with van der Waals surface area (Å²) in [5, 5.41) is 0. The third-order valence-corrected chi connectivity index (χ3v) is 4.19. The van der Waals surface area contributed by atoms with E-state index >= 15 is 0 Å². The van der Waals surface area contributed by atoms with Gasteiger partial charge < -0.3 is 21.1 Å². The second kappa shape index (κ2) is 6.60. The maximum atomic E-state index is 12.3. The third-order valence-electron chi connectivity index (χ3n) is 4.19. The van der Waals surface area contributed by atoms with E-state index in [1.54, 1.807) is 24.3 Å². The molecule has 0 spiro atoms. The molecule has 0 radical (unpaired) electrons. The van der Waals surface area contributed by atoms with E-state index in [1.807, 2.05) is 24.3 Å². The Morgan fingerprint density at radius 1 is 0.913 bits per heavy atom. The molecule has 5 nitrogen and oxygen atoms in total. The molecule has 23 heavy (non-hydrogen) atoms. The Kier molecular flexibility index (Phi) is 4.37. The molecule has 0 atom stereocenters. The summed E-state index contributed by atoms with van der Waals surface area (Å²) in [5.41, 5.74) is 13.9. The van der Waals surface area contributed by atoms with Crippen molar-refractivity contribution in [1.29, 1.82) is 0 Å². The molecule has 0 bridgehead atoms. The minimum atomic E-state index is -0.160. The number of ether oxygens (including phenoxy) is 1. The zero-order valence-electron chi connectivity index (χ0n) is 12.9. The molecule has 2 aromatic carbocycles. The predicted octanol–water partition coefficient (Wildman–Crippen LogP) is 2.67. The number of nitrogens with two attached hydrogens (primary N) is 2. The van der Waals surface area contributed by atoms with Crippen molar-refractivity contribution in [3.8, 4) is 5.75 Å². The number of esters is 1. The van der Waals surface area contributed by atoms with E-state index in [0.717, 1.165) is 37.3 Å². The molecule has 2 aromatic rings. The smallest absolute Gasteiger partial charge is 0.314 e. The highest BCUT2D eigenvalue weighted by molar-refractivity contribution is 5.75. The van der Waals surface area contributed by atoms with E-state index in [1.165, 1.54) is 0 Å². The summed E-state index contributed by atoms with van der Waals surface area (Å²) in [6.45, 7) is 1.68. The Bertz CT molecular complexity index is 660. The first kappa shape index (κ1) is 15.2. The topological polar surface area (TPSA) is 81.6 Å². The molecule has 4 N–H and O–H groups in total. The number of rotatable bonds is 3. The van der Waals surface area contributed by atoms with Crippen LogP contribution in [0.5, 0.6) is 5.75 Å². The van der Waals surface area contributed by atoms with Gasteiger partial charge in [-0.25, -0.2) is 0 Å². The molecule has 0 unspecified atom stereocenters. The van der Waals surface area contributed by atoms with Gasteiger partial charge in [-0.3, -0.25) is 4.79 Å². The van der Waals surface area contributed by atoms with Gasteiger partial charge in [0.05, 0.1) is 5.92 Å². The van der Waals surface area contributed by atoms with E-state index in [9.17, 15) is 4.79 Å². The molecule has 0 aromatic heterocycles. The predicted molar refractivity (Wildman–Crippen MR) is 92.3 cm³/mol. The van der Waals surface area contributed by atoms with Gasteiger partial charge in [0.1, 0.15) is 5.75 Å². The molecule has 1 heterocycles. The van der Waals surface area contributed by atoms with Crippen molar-refractivity contribution in [1.82, 2.24) is 0 Å². The minimum absolute atomic E-state index is 0.0578. The van der Waals surface area contributed by atoms with Gasteiger partial charge in [0.15, 0.2) is 0 Å². The van der Waals surface area contributed by atoms with Crippen LogP contribution < -0.4 is 21.1 Å². The summed E-state index contributed by atoms with van der Waals surface area (Å²) in [5.74, 6) is 0.328. The van der Waals surface area contributed by atoms with E-state index < -0.39 is 0 Å². The quantitative estimate of drug-likeness (QED) is 0.517. The molecule has 0 aliphatic carbocycles. The Balaban J connectivity index is 1.54. The monoisotopic (exact) mass is 311 g/mol. The molecule has 1 fully saturated rings. The van der Waals surface area contributed by atoms with Crippen LogP contribution in [0.1, 0.15) is 12.8 Å². The van der Waals surface area contributed by atoms with Gasteiger partial charge in [0.25, 0.3) is 0 Å². The largest absolute Gasteiger partial charge is 0.426 e. The average Bonchev–Trinajstić information content (AvgIpc) is 2.58. The Morgan fingerprint density at radius 3 is 2.00 bits per heavy atom. The van der Waals surface area contributed by atoms with Crippen LogP contribution in [-0.4, -0.2) is 19.1 Å². The number of hydrogen-bond acceptors (Lipinski definition) is 5. The summed E-state index contributed by atoms with van der Waals surface area (Å²) < 4.78 is 5.44. The Labute approximate surface area is 135 Å². The second-order valence-corrected chi connectivity index (χ2v) is 5.84. The number of carbonyl (C=O) groups is 1. The Morgan fingerprint density at radius 2 is 1.43 bits per heavy atom. The van der Waals surface area contributed by atoms with Crippen LogP contribution >= 0.6 is 0 Å². The summed E-state index contributed by atoms with van der Waals surface area (Å²) in [7, 11) is 0. The fraction of sp³-hybridized carbons (Fsp3) is 0.278. The van der Waals surface area contributed by atoms with Gasteiger partial charge in [-0.15, -0.1) is 0 Å². The number of carbonyl (C=O) groups excluding carboxylic acids is 1. The van der Waals surface area contributed by atoms with Gasteiger partial charge in [-0.2, -0.15) is 0 Å². The maximum absolute atomic E-state index is 12.3. The van der Waals surface area contributed by atoms with Crippen molar-refractivity contribution < 1.29 is 9.53 Å². The van der Waals surface area contributed by atoms with Crippen LogP contribution in [0.2, 0.25) is 0 Å². The van der Waals surface area contributed by atoms with Crippen molar-refractivity contribution in [2.45, 2.75) is 12.8 Å². The lowest BCUT2D eigenvalue weighted by Gasteiger charge is -2.32. The second-order valence-electron chi connectivity index (χ2n) is 5.84. The zero-order chi connectivity index (χ0) is 16.2. The fourth-order valence-electron chi connectivity index (χ4n) is 2.79. The van der Waals surface area contributed by atoms with Gasteiger partial charge >= 0.3 is 5.97 Å². The summed E-state index contributed by atoms with van der Waals surface area (Å²) in [6, 6.07) is 14.7. The van der Waals surface area contributed by atoms with Gasteiger partial charge in [-0.05, 0) is 61.4 Å². The normalized spacial score (nSPS) is 15.4. The Hall–Kier alpha value is -2.69. The fourth-order valence-corrected chi connectivity index (χ4v) is 2.79. The standard InChI is InChI=1S/C18H21N3O2/c19-14-1-5-16(6-2-14)21-11-9-13(10-12-21)18(22)23-17-7-3-15(20)4-8-17/h1-8,13H,9-12,19-20H2. The minimum Gasteiger partial charge on any atom is -0.426 e. The number of hydrogen-bond donors (Lipinski definition) is 2. The molecule has 5 heteroatoms. The molecular formula is C18H21N3O2. The van der Waals surface area contributed by atoms with Crippen LogP contribution in [0.15, 0.2) is 48.5 Å². The third kappa shape index (κ3) is 3.74. The molecule has 1 saturated heterocycles. The molecular weight excluding hydrogens is 290 g/mol. The lowest BCUT2D eigenvalue weighted by molar-refractivity contribution is -0.139. The van der Waals surface area contributed by atoms with E-state index in [0.29, 0.717) is 11.4 Å². The van der Waals surface area contributed by atoms with Crippen molar-refractivity contribution in [3.05, 3.63) is 48.5 Å². The summed E-state index contributed by atoms with van der Waals surface area (Å²) in [6.07, 6.45) is 1.58. The SMILES string of the molecule is Nc1ccc(OC(=O)C2CCN(c3ccc(N)cc3)CC2)cc1. The molecule has 120 valence electrons. The first-order valence-electron chi connectivity index (χ1n) is 7.79. The average molecular weight is 311 g/mol. The maximum Gasteiger partial charge on any atom is 0.314 e. The van der Waals surface area contributed by atoms with Gasteiger partial charge in [0.2, 0.25) is 0 Å². The van der Waals surface area contributed by atoms with E-state index in [-0.39, 0.29) is 11.9 Å². The summed E-state index contributed by atoms with van der Waals surface area (Å²) in [4.78, 5) is 14.5. The highest BCUT2D eigenvalue weighted by Gasteiger charge is 2.26. The van der Waals surface area contributed by atoms with Gasteiger partial charge in [0, 0.05) is 30.2 Å². The number of nitrogen functional groups attached to an aromatic ring is 2. The molecule has 0 amide bonds. The lowest BCUT2D eigenvalue weighted by Crippen LogP contribution is -2.37. The van der Waals surface area contributed by atoms with Crippen LogP contribution in [-0.2, 0) is 4.79 Å². The van der Waals surface area contributed by atoms with Crippen LogP contribution in [0.25, 0.3) is 0 Å². The molecule has 3 rings (SSSR count). The highest BCUT2D eigenvalue weighted by Crippen LogP contribution is 2.25. The number of benzene rings is 2. The number of anilines is 3. The van der Waals surface area contributed by atoms with Gasteiger partial charge in [-0.1, -0.05) is 0 Å². The summed E-state index contributed by atoms with van der Waals surface area (Å²) >= 11 is 0. The first-order chi connectivity index (χ1) is 11.1. The van der Waals surface area contributed by atoms with Crippen LogP contribution in [0, 0.1) is 5.92 Å². The van der Waals surface area contributed by atoms with Crippen LogP contribution in [0.4, 0.5) is 17.1 Å².